The van der Waals surface area contributed by atoms with E-state index in [1.807, 2.05) is 82.4 Å². The van der Waals surface area contributed by atoms with E-state index in [0.717, 1.165) is 33.8 Å². The SMILES string of the molecule is COc1cc(-n2cnc3cc(-n4cnc(C)c4)ccc32)cc(OC)c1C(=O)NCC(F)(F)F.COc1cc(-n2cnc3cc(-n4cnc(C)c4)ccc32)cc(OC)c1C(=O)NCC(F)(F)F. The average Bonchev–Trinajstić information content (AvgIpc) is 4.12. The van der Waals surface area contributed by atoms with E-state index in [4.69, 9.17) is 18.9 Å². The van der Waals surface area contributed by atoms with Gasteiger partial charge in [-0.05, 0) is 50.2 Å². The Kier molecular flexibility index (Phi) is 12.9. The number of nitrogens with zero attached hydrogens (tertiary/aromatic N) is 8. The third-order valence-electron chi connectivity index (χ3n) is 9.97. The maximum atomic E-state index is 12.5. The van der Waals surface area contributed by atoms with Gasteiger partial charge in [0.05, 0.1) is 85.9 Å². The number of benzene rings is 4. The topological polar surface area (TPSA) is 166 Å². The van der Waals surface area contributed by atoms with Crippen LogP contribution in [0.15, 0.2) is 98.4 Å². The first-order valence-corrected chi connectivity index (χ1v) is 19.6. The lowest BCUT2D eigenvalue weighted by atomic mass is 10.1. The van der Waals surface area contributed by atoms with Crippen LogP contribution in [0.3, 0.4) is 0 Å². The number of fused-ring (bicyclic) bond motifs is 2. The molecule has 0 atom stereocenters. The second-order valence-electron chi connectivity index (χ2n) is 14.5. The number of rotatable bonds is 12. The van der Waals surface area contributed by atoms with E-state index in [2.05, 4.69) is 19.9 Å². The van der Waals surface area contributed by atoms with Crippen LogP contribution >= 0.6 is 0 Å². The highest BCUT2D eigenvalue weighted by Crippen LogP contribution is 2.36. The van der Waals surface area contributed by atoms with Crippen molar-refractivity contribution in [2.24, 2.45) is 0 Å². The van der Waals surface area contributed by atoms with Crippen LogP contribution in [0.2, 0.25) is 0 Å². The molecule has 0 bridgehead atoms. The third kappa shape index (κ3) is 10.0. The van der Waals surface area contributed by atoms with Gasteiger partial charge in [-0.3, -0.25) is 18.7 Å². The van der Waals surface area contributed by atoms with Crippen molar-refractivity contribution in [1.29, 1.82) is 0 Å². The number of methoxy groups -OCH3 is 4. The van der Waals surface area contributed by atoms with Crippen molar-refractivity contribution in [2.75, 3.05) is 41.5 Å². The lowest BCUT2D eigenvalue weighted by Crippen LogP contribution is -2.34. The molecule has 8 rings (SSSR count). The Labute approximate surface area is 371 Å². The number of amides is 2. The molecule has 2 N–H and O–H groups in total. The van der Waals surface area contributed by atoms with E-state index >= 15 is 0 Å². The van der Waals surface area contributed by atoms with Gasteiger partial charge in [0.25, 0.3) is 11.8 Å². The molecule has 0 aliphatic carbocycles. The number of alkyl halides is 6. The Morgan fingerprint density at radius 3 is 1.15 bits per heavy atom. The van der Waals surface area contributed by atoms with Crippen molar-refractivity contribution in [1.82, 2.24) is 48.8 Å². The molecule has 0 aliphatic heterocycles. The summed E-state index contributed by atoms with van der Waals surface area (Å²) in [6.07, 6.45) is 1.35. The first kappa shape index (κ1) is 46.0. The summed E-state index contributed by atoms with van der Waals surface area (Å²) < 4.78 is 104. The highest BCUT2D eigenvalue weighted by Gasteiger charge is 2.31. The molecule has 4 aromatic carbocycles. The van der Waals surface area contributed by atoms with Crippen molar-refractivity contribution in [2.45, 2.75) is 26.2 Å². The molecule has 8 aromatic rings. The number of hydrogen-bond acceptors (Lipinski definition) is 10. The summed E-state index contributed by atoms with van der Waals surface area (Å²) in [5, 5.41) is 3.69. The molecule has 4 aromatic heterocycles. The fraction of sp³-hybridized carbons (Fsp3) is 0.227. The lowest BCUT2D eigenvalue weighted by molar-refractivity contribution is -0.123. The Balaban J connectivity index is 0.000000196. The summed E-state index contributed by atoms with van der Waals surface area (Å²) in [6.45, 7) is 0.866. The first-order chi connectivity index (χ1) is 31.4. The second kappa shape index (κ2) is 18.6. The van der Waals surface area contributed by atoms with Gasteiger partial charge in [0.1, 0.15) is 59.9 Å². The molecule has 2 amide bonds. The van der Waals surface area contributed by atoms with Crippen LogP contribution in [0.4, 0.5) is 26.3 Å². The van der Waals surface area contributed by atoms with Crippen molar-refractivity contribution in [3.05, 3.63) is 121 Å². The van der Waals surface area contributed by atoms with Crippen LogP contribution in [0.1, 0.15) is 32.1 Å². The molecule has 0 radical (unpaired) electrons. The molecule has 4 heterocycles. The minimum atomic E-state index is -4.54. The zero-order valence-electron chi connectivity index (χ0n) is 35.9. The number of carbonyl (C=O) groups excluding carboxylic acids is 2. The van der Waals surface area contributed by atoms with Crippen molar-refractivity contribution in [3.63, 3.8) is 0 Å². The molecule has 0 saturated carbocycles. The highest BCUT2D eigenvalue weighted by atomic mass is 19.4. The standard InChI is InChI=1S/2C22H20F3N5O3/c2*1-13-9-29(11-27-13)14-4-5-17-16(6-14)28-12-30(17)15-7-18(32-2)20(19(8-15)33-3)21(31)26-10-22(23,24)25/h2*4-9,11-12H,10H2,1-3H3,(H,26,31). The zero-order valence-corrected chi connectivity index (χ0v) is 35.9. The third-order valence-corrected chi connectivity index (χ3v) is 9.97. The van der Waals surface area contributed by atoms with E-state index in [9.17, 15) is 35.9 Å². The Hall–Kier alpha value is -8.04. The van der Waals surface area contributed by atoms with Crippen LogP contribution in [0.25, 0.3) is 44.8 Å². The van der Waals surface area contributed by atoms with Crippen molar-refractivity contribution >= 4 is 33.9 Å². The van der Waals surface area contributed by atoms with E-state index in [1.165, 1.54) is 28.4 Å². The van der Waals surface area contributed by atoms with Gasteiger partial charge in [-0.15, -0.1) is 0 Å². The van der Waals surface area contributed by atoms with Crippen LogP contribution in [0.5, 0.6) is 23.0 Å². The van der Waals surface area contributed by atoms with Gasteiger partial charge in [-0.2, -0.15) is 26.3 Å². The minimum Gasteiger partial charge on any atom is -0.496 e. The lowest BCUT2D eigenvalue weighted by Gasteiger charge is -2.16. The Morgan fingerprint density at radius 1 is 0.515 bits per heavy atom. The molecular weight excluding hydrogens is 879 g/mol. The number of hydrogen-bond donors (Lipinski definition) is 2. The van der Waals surface area contributed by atoms with E-state index in [1.54, 1.807) is 58.7 Å². The Morgan fingerprint density at radius 2 is 0.864 bits per heavy atom. The molecule has 16 nitrogen and oxygen atoms in total. The minimum absolute atomic E-state index is 0.0661. The first-order valence-electron chi connectivity index (χ1n) is 19.6. The molecule has 0 spiro atoms. The maximum Gasteiger partial charge on any atom is 0.405 e. The number of halogens is 6. The number of aryl methyl sites for hydroxylation is 2. The summed E-state index contributed by atoms with van der Waals surface area (Å²) in [5.74, 6) is -1.65. The van der Waals surface area contributed by atoms with Crippen LogP contribution < -0.4 is 29.6 Å². The molecule has 66 heavy (non-hydrogen) atoms. The summed E-state index contributed by atoms with van der Waals surface area (Å²) in [4.78, 5) is 42.2. The molecule has 0 aliphatic rings. The van der Waals surface area contributed by atoms with Crippen molar-refractivity contribution in [3.8, 4) is 45.7 Å². The van der Waals surface area contributed by atoms with Crippen molar-refractivity contribution < 1.29 is 54.9 Å². The summed E-state index contributed by atoms with van der Waals surface area (Å²) >= 11 is 0. The quantitative estimate of drug-likeness (QED) is 0.116. The van der Waals surface area contributed by atoms with Gasteiger partial charge in [0.15, 0.2) is 0 Å². The maximum absolute atomic E-state index is 12.5. The summed E-state index contributed by atoms with van der Waals surface area (Å²) in [7, 11) is 5.30. The van der Waals surface area contributed by atoms with E-state index < -0.39 is 37.3 Å². The number of aromatic nitrogens is 8. The van der Waals surface area contributed by atoms with Gasteiger partial charge in [-0.25, -0.2) is 19.9 Å². The normalized spacial score (nSPS) is 11.6. The zero-order chi connectivity index (χ0) is 47.5. The van der Waals surface area contributed by atoms with Crippen LogP contribution in [-0.4, -0.2) is 104 Å². The fourth-order valence-electron chi connectivity index (χ4n) is 6.92. The van der Waals surface area contributed by atoms with Gasteiger partial charge in [0, 0.05) is 48.0 Å². The van der Waals surface area contributed by atoms with Crippen LogP contribution in [-0.2, 0) is 0 Å². The molecule has 344 valence electrons. The number of ether oxygens (including phenoxy) is 4. The monoisotopic (exact) mass is 918 g/mol. The van der Waals surface area contributed by atoms with Gasteiger partial charge < -0.3 is 38.7 Å². The van der Waals surface area contributed by atoms with Crippen LogP contribution in [0, 0.1) is 13.8 Å². The van der Waals surface area contributed by atoms with Gasteiger partial charge >= 0.3 is 12.4 Å². The molecule has 22 heteroatoms. The van der Waals surface area contributed by atoms with E-state index in [-0.39, 0.29) is 34.1 Å². The number of nitrogens with one attached hydrogen (secondary N) is 2. The molecule has 0 unspecified atom stereocenters. The smallest absolute Gasteiger partial charge is 0.405 e. The highest BCUT2D eigenvalue weighted by molar-refractivity contribution is 6.01. The average molecular weight is 919 g/mol. The molecule has 0 fully saturated rings. The largest absolute Gasteiger partial charge is 0.496 e. The molecular formula is C44H40F6N10O6. The second-order valence-corrected chi connectivity index (χ2v) is 14.5. The number of imidazole rings is 4. The summed E-state index contributed by atoms with van der Waals surface area (Å²) in [5.41, 5.74) is 7.38. The predicted molar refractivity (Wildman–Crippen MR) is 229 cm³/mol. The summed E-state index contributed by atoms with van der Waals surface area (Å²) in [6, 6.07) is 17.6. The number of carbonyl (C=O) groups is 2. The predicted octanol–water partition coefficient (Wildman–Crippen LogP) is 7.66. The van der Waals surface area contributed by atoms with Gasteiger partial charge in [0.2, 0.25) is 0 Å². The molecule has 0 saturated heterocycles. The van der Waals surface area contributed by atoms with Gasteiger partial charge in [-0.1, -0.05) is 0 Å². The van der Waals surface area contributed by atoms with E-state index in [0.29, 0.717) is 22.4 Å². The fourth-order valence-corrected chi connectivity index (χ4v) is 6.92. The Bertz CT molecular complexity index is 2810.